The first-order valence-electron chi connectivity index (χ1n) is 4.96. The summed E-state index contributed by atoms with van der Waals surface area (Å²) in [5.74, 6) is 0. The molecule has 1 unspecified atom stereocenters. The van der Waals surface area contributed by atoms with Crippen LogP contribution < -0.4 is 5.32 Å². The highest BCUT2D eigenvalue weighted by atomic mass is 127. The van der Waals surface area contributed by atoms with E-state index in [1.807, 2.05) is 11.3 Å². The van der Waals surface area contributed by atoms with Crippen LogP contribution in [0.15, 0.2) is 0 Å². The molecule has 0 aromatic carbocycles. The van der Waals surface area contributed by atoms with Gasteiger partial charge in [0, 0.05) is 10.4 Å². The summed E-state index contributed by atoms with van der Waals surface area (Å²) in [7, 11) is 2.07. The highest BCUT2D eigenvalue weighted by molar-refractivity contribution is 14.1. The summed E-state index contributed by atoms with van der Waals surface area (Å²) in [4.78, 5) is 6.10. The molecule has 0 spiro atoms. The number of aromatic nitrogens is 1. The van der Waals surface area contributed by atoms with Crippen molar-refractivity contribution in [1.82, 2.24) is 10.3 Å². The van der Waals surface area contributed by atoms with E-state index in [4.69, 9.17) is 0 Å². The predicted molar refractivity (Wildman–Crippen MR) is 68.9 cm³/mol. The third-order valence-electron chi connectivity index (χ3n) is 3.17. The van der Waals surface area contributed by atoms with Crippen molar-refractivity contribution < 1.29 is 0 Å². The number of fused-ring (bicyclic) bond motifs is 1. The van der Waals surface area contributed by atoms with Crippen molar-refractivity contribution >= 4 is 33.9 Å². The smallest absolute Gasteiger partial charge is 0.154 e. The standard InChI is InChI=1S/C10H15IN2S/c1-10(12-2)5-3-7-8(4-6-10)14-9(11)13-7/h12H,3-6H2,1-2H3. The summed E-state index contributed by atoms with van der Waals surface area (Å²) in [6.45, 7) is 2.31. The lowest BCUT2D eigenvalue weighted by molar-refractivity contribution is 0.340. The van der Waals surface area contributed by atoms with Crippen molar-refractivity contribution in [3.05, 3.63) is 13.6 Å². The molecular weight excluding hydrogens is 307 g/mol. The first-order chi connectivity index (χ1) is 6.63. The molecular formula is C10H15IN2S. The second-order valence-electron chi connectivity index (χ2n) is 4.15. The van der Waals surface area contributed by atoms with E-state index in [9.17, 15) is 0 Å². The van der Waals surface area contributed by atoms with Crippen molar-refractivity contribution in [3.8, 4) is 0 Å². The van der Waals surface area contributed by atoms with Crippen LogP contribution in [0.1, 0.15) is 30.3 Å². The molecule has 4 heteroatoms. The summed E-state index contributed by atoms with van der Waals surface area (Å²) in [5, 5.41) is 3.43. The van der Waals surface area contributed by atoms with Crippen LogP contribution in [0.4, 0.5) is 0 Å². The number of nitrogens with zero attached hydrogens (tertiary/aromatic N) is 1. The van der Waals surface area contributed by atoms with Crippen LogP contribution in [0.5, 0.6) is 0 Å². The van der Waals surface area contributed by atoms with Gasteiger partial charge in [-0.15, -0.1) is 11.3 Å². The van der Waals surface area contributed by atoms with Crippen LogP contribution in [0.25, 0.3) is 0 Å². The van der Waals surface area contributed by atoms with Gasteiger partial charge in [-0.1, -0.05) is 0 Å². The van der Waals surface area contributed by atoms with Gasteiger partial charge < -0.3 is 5.32 Å². The zero-order chi connectivity index (χ0) is 10.2. The Hall–Kier alpha value is 0.320. The Morgan fingerprint density at radius 2 is 2.14 bits per heavy atom. The zero-order valence-electron chi connectivity index (χ0n) is 8.56. The first kappa shape index (κ1) is 10.8. The Balaban J connectivity index is 2.19. The number of rotatable bonds is 1. The monoisotopic (exact) mass is 322 g/mol. The van der Waals surface area contributed by atoms with Crippen LogP contribution in [0.2, 0.25) is 0 Å². The van der Waals surface area contributed by atoms with Crippen LogP contribution in [0, 0.1) is 3.01 Å². The van der Waals surface area contributed by atoms with Crippen molar-refractivity contribution in [3.63, 3.8) is 0 Å². The molecule has 2 nitrogen and oxygen atoms in total. The second kappa shape index (κ2) is 4.06. The Morgan fingerprint density at radius 1 is 1.43 bits per heavy atom. The molecule has 0 radical (unpaired) electrons. The maximum atomic E-state index is 4.59. The Bertz CT molecular complexity index is 309. The van der Waals surface area contributed by atoms with Crippen LogP contribution >= 0.6 is 33.9 Å². The van der Waals surface area contributed by atoms with E-state index in [-0.39, 0.29) is 0 Å². The third kappa shape index (κ3) is 2.12. The molecule has 0 amide bonds. The van der Waals surface area contributed by atoms with Gasteiger partial charge in [-0.3, -0.25) is 0 Å². The number of nitrogens with one attached hydrogen (secondary N) is 1. The largest absolute Gasteiger partial charge is 0.315 e. The van der Waals surface area contributed by atoms with Gasteiger partial charge in [0.05, 0.1) is 5.69 Å². The van der Waals surface area contributed by atoms with Gasteiger partial charge in [0.25, 0.3) is 0 Å². The molecule has 1 aromatic rings. The van der Waals surface area contributed by atoms with Crippen molar-refractivity contribution in [2.45, 2.75) is 38.1 Å². The van der Waals surface area contributed by atoms with Gasteiger partial charge in [-0.25, -0.2) is 4.98 Å². The number of hydrogen-bond donors (Lipinski definition) is 1. The summed E-state index contributed by atoms with van der Waals surface area (Å²) in [6, 6.07) is 0. The quantitative estimate of drug-likeness (QED) is 0.635. The molecule has 2 rings (SSSR count). The lowest BCUT2D eigenvalue weighted by Gasteiger charge is -2.27. The maximum Gasteiger partial charge on any atom is 0.154 e. The van der Waals surface area contributed by atoms with Crippen molar-refractivity contribution in [1.29, 1.82) is 0 Å². The number of halogens is 1. The van der Waals surface area contributed by atoms with Crippen LogP contribution in [0.3, 0.4) is 0 Å². The third-order valence-corrected chi connectivity index (χ3v) is 5.02. The van der Waals surface area contributed by atoms with E-state index in [1.165, 1.54) is 32.8 Å². The van der Waals surface area contributed by atoms with Gasteiger partial charge in [-0.2, -0.15) is 0 Å². The molecule has 78 valence electrons. The summed E-state index contributed by atoms with van der Waals surface area (Å²) in [5.41, 5.74) is 1.66. The highest BCUT2D eigenvalue weighted by Crippen LogP contribution is 2.30. The van der Waals surface area contributed by atoms with Gasteiger partial charge in [0.15, 0.2) is 3.01 Å². The zero-order valence-corrected chi connectivity index (χ0v) is 11.5. The number of hydrogen-bond acceptors (Lipinski definition) is 3. The molecule has 0 aliphatic heterocycles. The Labute approximate surface area is 103 Å². The lowest BCUT2D eigenvalue weighted by Crippen LogP contribution is -2.39. The van der Waals surface area contributed by atoms with E-state index in [0.29, 0.717) is 5.54 Å². The average molecular weight is 322 g/mol. The molecule has 14 heavy (non-hydrogen) atoms. The number of thiazole rings is 1. The topological polar surface area (TPSA) is 24.9 Å². The molecule has 1 heterocycles. The van der Waals surface area contributed by atoms with E-state index in [1.54, 1.807) is 0 Å². The maximum absolute atomic E-state index is 4.59. The average Bonchev–Trinajstić information content (AvgIpc) is 2.46. The Morgan fingerprint density at radius 3 is 2.86 bits per heavy atom. The van der Waals surface area contributed by atoms with Gasteiger partial charge >= 0.3 is 0 Å². The van der Waals surface area contributed by atoms with E-state index >= 15 is 0 Å². The van der Waals surface area contributed by atoms with Crippen LogP contribution in [-0.2, 0) is 12.8 Å². The molecule has 1 atom stereocenters. The molecule has 1 aliphatic rings. The van der Waals surface area contributed by atoms with E-state index in [2.05, 4.69) is 46.9 Å². The van der Waals surface area contributed by atoms with Gasteiger partial charge in [0.2, 0.25) is 0 Å². The van der Waals surface area contributed by atoms with Crippen molar-refractivity contribution in [2.75, 3.05) is 7.05 Å². The fourth-order valence-corrected chi connectivity index (χ4v) is 3.82. The molecule has 1 aromatic heterocycles. The highest BCUT2D eigenvalue weighted by Gasteiger charge is 2.27. The molecule has 0 fully saturated rings. The normalized spacial score (nSPS) is 27.1. The summed E-state index contributed by atoms with van der Waals surface area (Å²) >= 11 is 4.19. The Kier molecular flexibility index (Phi) is 3.14. The van der Waals surface area contributed by atoms with Gasteiger partial charge in [-0.05, 0) is 62.2 Å². The van der Waals surface area contributed by atoms with E-state index < -0.39 is 0 Å². The minimum absolute atomic E-state index is 0.311. The fourth-order valence-electron chi connectivity index (χ4n) is 1.90. The number of aryl methyl sites for hydroxylation is 2. The lowest BCUT2D eigenvalue weighted by atomic mass is 9.93. The summed E-state index contributed by atoms with van der Waals surface area (Å²) < 4.78 is 1.20. The van der Waals surface area contributed by atoms with E-state index in [0.717, 1.165) is 6.42 Å². The van der Waals surface area contributed by atoms with Gasteiger partial charge in [0.1, 0.15) is 0 Å². The molecule has 1 N–H and O–H groups in total. The molecule has 1 aliphatic carbocycles. The molecule has 0 saturated heterocycles. The van der Waals surface area contributed by atoms with Crippen LogP contribution in [-0.4, -0.2) is 17.6 Å². The minimum atomic E-state index is 0.311. The van der Waals surface area contributed by atoms with Crippen molar-refractivity contribution in [2.24, 2.45) is 0 Å². The summed E-state index contributed by atoms with van der Waals surface area (Å²) in [6.07, 6.45) is 4.75. The predicted octanol–water partition coefficient (Wildman–Crippen LogP) is 2.60. The SMILES string of the molecule is CNC1(C)CCc2nc(I)sc2CC1. The molecule has 0 saturated carbocycles. The first-order valence-corrected chi connectivity index (χ1v) is 6.85. The fraction of sp³-hybridized carbons (Fsp3) is 0.700. The minimum Gasteiger partial charge on any atom is -0.315 e. The molecule has 0 bridgehead atoms. The second-order valence-corrected chi connectivity index (χ2v) is 6.98.